The van der Waals surface area contributed by atoms with E-state index >= 15 is 0 Å². The molecule has 0 saturated heterocycles. The highest BCUT2D eigenvalue weighted by molar-refractivity contribution is 5.33. The summed E-state index contributed by atoms with van der Waals surface area (Å²) in [5.74, 6) is -0.491. The second-order valence-corrected chi connectivity index (χ2v) is 6.22. The normalized spacial score (nSPS) is 14.0. The predicted molar refractivity (Wildman–Crippen MR) is 86.2 cm³/mol. The summed E-state index contributed by atoms with van der Waals surface area (Å²) in [6.45, 7) is 2.95. The van der Waals surface area contributed by atoms with Crippen LogP contribution in [0.15, 0.2) is 24.3 Å². The van der Waals surface area contributed by atoms with Gasteiger partial charge in [-0.3, -0.25) is 4.90 Å². The molecule has 1 N–H and O–H groups in total. The number of aliphatic hydroxyl groups excluding tert-OH is 1. The maximum Gasteiger partial charge on any atom is 0.573 e. The Bertz CT molecular complexity index is 562. The second-order valence-electron chi connectivity index (χ2n) is 6.22. The second kappa shape index (κ2) is 10.1. The minimum absolute atomic E-state index is 0.0554. The Labute approximate surface area is 153 Å². The number of rotatable bonds is 10. The molecule has 0 aromatic heterocycles. The van der Waals surface area contributed by atoms with Crippen molar-refractivity contribution in [1.82, 2.24) is 4.90 Å². The van der Waals surface area contributed by atoms with Crippen molar-refractivity contribution >= 4 is 0 Å². The van der Waals surface area contributed by atoms with Crippen molar-refractivity contribution in [2.45, 2.75) is 51.6 Å². The van der Waals surface area contributed by atoms with Crippen LogP contribution in [0.2, 0.25) is 0 Å². The fraction of sp³-hybridized carbons (Fsp3) is 0.647. The van der Waals surface area contributed by atoms with Crippen LogP contribution in [0.4, 0.5) is 26.3 Å². The third kappa shape index (κ3) is 9.83. The molecule has 0 bridgehead atoms. The summed E-state index contributed by atoms with van der Waals surface area (Å²) in [6.07, 6.45) is -12.1. The quantitative estimate of drug-likeness (QED) is 0.471. The molecule has 0 fully saturated rings. The number of alkyl halides is 6. The zero-order valence-corrected chi connectivity index (χ0v) is 15.0. The molecule has 0 radical (unpaired) electrons. The molecular formula is C17H23F6NO3. The van der Waals surface area contributed by atoms with Crippen LogP contribution in [-0.2, 0) is 11.3 Å². The van der Waals surface area contributed by atoms with Gasteiger partial charge in [0.05, 0.1) is 6.10 Å². The lowest BCUT2D eigenvalue weighted by Crippen LogP contribution is -2.41. The number of hydrogen-bond acceptors (Lipinski definition) is 4. The molecule has 0 saturated carbocycles. The van der Waals surface area contributed by atoms with Gasteiger partial charge in [-0.2, -0.15) is 13.2 Å². The van der Waals surface area contributed by atoms with Gasteiger partial charge in [-0.25, -0.2) is 0 Å². The van der Waals surface area contributed by atoms with Crippen LogP contribution in [0.25, 0.3) is 0 Å². The standard InChI is InChI=1S/C17H23F6NO3/c1-12(2)26-9-5-8-24(11-15(25)16(18,19)20)10-13-6-3-4-7-14(13)27-17(21,22)23/h3-4,6-7,12,15,25H,5,8-11H2,1-2H3. The summed E-state index contributed by atoms with van der Waals surface area (Å²) in [5.41, 5.74) is 0.0639. The van der Waals surface area contributed by atoms with Gasteiger partial charge in [0.15, 0.2) is 6.10 Å². The van der Waals surface area contributed by atoms with Crippen molar-refractivity contribution in [3.8, 4) is 5.75 Å². The fourth-order valence-corrected chi connectivity index (χ4v) is 2.29. The number of aliphatic hydroxyl groups is 1. The molecule has 0 aliphatic carbocycles. The van der Waals surface area contributed by atoms with Gasteiger partial charge in [0.2, 0.25) is 0 Å². The summed E-state index contributed by atoms with van der Waals surface area (Å²) in [7, 11) is 0. The first kappa shape index (κ1) is 23.5. The average molecular weight is 403 g/mol. The van der Waals surface area contributed by atoms with Crippen LogP contribution >= 0.6 is 0 Å². The third-order valence-corrected chi connectivity index (χ3v) is 3.47. The number of hydrogen-bond donors (Lipinski definition) is 1. The largest absolute Gasteiger partial charge is 0.573 e. The first-order valence-electron chi connectivity index (χ1n) is 8.31. The van der Waals surface area contributed by atoms with Crippen LogP contribution < -0.4 is 4.74 Å². The Morgan fingerprint density at radius 1 is 1.07 bits per heavy atom. The summed E-state index contributed by atoms with van der Waals surface area (Å²) in [4.78, 5) is 1.22. The summed E-state index contributed by atoms with van der Waals surface area (Å²) < 4.78 is 84.8. The monoisotopic (exact) mass is 403 g/mol. The maximum atomic E-state index is 12.7. The topological polar surface area (TPSA) is 41.9 Å². The molecule has 1 aromatic carbocycles. The highest BCUT2D eigenvalue weighted by Crippen LogP contribution is 2.28. The summed E-state index contributed by atoms with van der Waals surface area (Å²) in [5, 5.41) is 9.33. The van der Waals surface area contributed by atoms with Crippen molar-refractivity contribution in [2.75, 3.05) is 19.7 Å². The van der Waals surface area contributed by atoms with E-state index in [2.05, 4.69) is 4.74 Å². The molecule has 27 heavy (non-hydrogen) atoms. The maximum absolute atomic E-state index is 12.7. The van der Waals surface area contributed by atoms with Crippen LogP contribution in [-0.4, -0.2) is 54.4 Å². The SMILES string of the molecule is CC(C)OCCCN(Cc1ccccc1OC(F)(F)F)CC(O)C(F)(F)F. The Morgan fingerprint density at radius 3 is 2.26 bits per heavy atom. The Balaban J connectivity index is 2.86. The molecule has 156 valence electrons. The first-order chi connectivity index (χ1) is 12.4. The van der Waals surface area contributed by atoms with Gasteiger partial charge < -0.3 is 14.6 Å². The highest BCUT2D eigenvalue weighted by Gasteiger charge is 2.39. The van der Waals surface area contributed by atoms with Crippen molar-refractivity contribution in [2.24, 2.45) is 0 Å². The number of para-hydroxylation sites is 1. The van der Waals surface area contributed by atoms with E-state index in [4.69, 9.17) is 4.74 Å². The van der Waals surface area contributed by atoms with E-state index < -0.39 is 30.9 Å². The van der Waals surface area contributed by atoms with Crippen LogP contribution in [0.5, 0.6) is 5.75 Å². The molecule has 0 aliphatic heterocycles. The molecule has 0 amide bonds. The first-order valence-corrected chi connectivity index (χ1v) is 8.31. The molecule has 1 atom stereocenters. The molecule has 1 rings (SSSR count). The van der Waals surface area contributed by atoms with E-state index in [1.807, 2.05) is 0 Å². The summed E-state index contributed by atoms with van der Waals surface area (Å²) >= 11 is 0. The van der Waals surface area contributed by atoms with E-state index in [9.17, 15) is 31.4 Å². The Hall–Kier alpha value is -1.52. The molecule has 0 aliphatic rings. The number of benzene rings is 1. The highest BCUT2D eigenvalue weighted by atomic mass is 19.4. The number of nitrogens with zero attached hydrogens (tertiary/aromatic N) is 1. The Kier molecular flexibility index (Phi) is 8.83. The molecule has 0 heterocycles. The molecule has 4 nitrogen and oxygen atoms in total. The molecular weight excluding hydrogens is 380 g/mol. The van der Waals surface area contributed by atoms with E-state index in [0.717, 1.165) is 6.07 Å². The van der Waals surface area contributed by atoms with Gasteiger partial charge in [-0.1, -0.05) is 18.2 Å². The van der Waals surface area contributed by atoms with Crippen LogP contribution in [0, 0.1) is 0 Å². The summed E-state index contributed by atoms with van der Waals surface area (Å²) in [6, 6.07) is 5.20. The lowest BCUT2D eigenvalue weighted by molar-refractivity contribution is -0.275. The van der Waals surface area contributed by atoms with Crippen molar-refractivity contribution < 1.29 is 40.9 Å². The molecule has 1 aromatic rings. The van der Waals surface area contributed by atoms with E-state index in [0.29, 0.717) is 6.42 Å². The lowest BCUT2D eigenvalue weighted by Gasteiger charge is -2.27. The van der Waals surface area contributed by atoms with Gasteiger partial charge in [0.1, 0.15) is 5.75 Å². The van der Waals surface area contributed by atoms with Crippen molar-refractivity contribution in [3.05, 3.63) is 29.8 Å². The van der Waals surface area contributed by atoms with Gasteiger partial charge in [0.25, 0.3) is 0 Å². The molecule has 0 spiro atoms. The smallest absolute Gasteiger partial charge is 0.405 e. The van der Waals surface area contributed by atoms with E-state index in [-0.39, 0.29) is 31.4 Å². The van der Waals surface area contributed by atoms with Crippen molar-refractivity contribution in [1.29, 1.82) is 0 Å². The van der Waals surface area contributed by atoms with Gasteiger partial charge in [-0.15, -0.1) is 13.2 Å². The minimum atomic E-state index is -4.92. The number of halogens is 6. The van der Waals surface area contributed by atoms with E-state index in [1.165, 1.54) is 23.1 Å². The van der Waals surface area contributed by atoms with Gasteiger partial charge in [-0.05, 0) is 26.3 Å². The van der Waals surface area contributed by atoms with Gasteiger partial charge in [0, 0.05) is 31.8 Å². The van der Waals surface area contributed by atoms with Crippen LogP contribution in [0.3, 0.4) is 0 Å². The Morgan fingerprint density at radius 2 is 1.70 bits per heavy atom. The third-order valence-electron chi connectivity index (χ3n) is 3.47. The minimum Gasteiger partial charge on any atom is -0.405 e. The molecule has 10 heteroatoms. The van der Waals surface area contributed by atoms with Crippen molar-refractivity contribution in [3.63, 3.8) is 0 Å². The fourth-order valence-electron chi connectivity index (χ4n) is 2.29. The number of ether oxygens (including phenoxy) is 2. The zero-order chi connectivity index (χ0) is 20.7. The van der Waals surface area contributed by atoms with E-state index in [1.54, 1.807) is 13.8 Å². The zero-order valence-electron chi connectivity index (χ0n) is 15.0. The lowest BCUT2D eigenvalue weighted by atomic mass is 10.1. The van der Waals surface area contributed by atoms with Crippen LogP contribution in [0.1, 0.15) is 25.8 Å². The molecule has 1 unspecified atom stereocenters. The van der Waals surface area contributed by atoms with Gasteiger partial charge >= 0.3 is 12.5 Å². The predicted octanol–water partition coefficient (Wildman–Crippen LogP) is 4.13. The average Bonchev–Trinajstić information content (AvgIpc) is 2.50.